The molecule has 0 saturated carbocycles. The summed E-state index contributed by atoms with van der Waals surface area (Å²) in [5.41, 5.74) is 8.10. The second-order valence-corrected chi connectivity index (χ2v) is 3.64. The molecule has 5 nitrogen and oxygen atoms in total. The van der Waals surface area contributed by atoms with Crippen LogP contribution in [0.1, 0.15) is 17.0 Å². The van der Waals surface area contributed by atoms with Crippen molar-refractivity contribution in [2.45, 2.75) is 19.5 Å². The first-order valence-corrected chi connectivity index (χ1v) is 4.70. The van der Waals surface area contributed by atoms with Crippen molar-refractivity contribution in [2.24, 2.45) is 5.73 Å². The van der Waals surface area contributed by atoms with Crippen LogP contribution in [0.2, 0.25) is 0 Å². The van der Waals surface area contributed by atoms with Gasteiger partial charge in [-0.1, -0.05) is 0 Å². The lowest BCUT2D eigenvalue weighted by atomic mass is 10.0. The molecule has 5 heteroatoms. The standard InChI is InChI=1S/C9H14N4O/c1-13-3-2-7-6(5-13)8(4-10)12-9(14)11-7/h2-5,10H2,1H3,(H,11,12,14). The number of hydrogen-bond acceptors (Lipinski definition) is 4. The summed E-state index contributed by atoms with van der Waals surface area (Å²) in [4.78, 5) is 20.0. The number of fused-ring (bicyclic) bond motifs is 1. The van der Waals surface area contributed by atoms with Crippen LogP contribution in [-0.2, 0) is 19.5 Å². The first-order chi connectivity index (χ1) is 6.70. The van der Waals surface area contributed by atoms with Gasteiger partial charge in [-0.25, -0.2) is 4.79 Å². The Balaban J connectivity index is 2.52. The van der Waals surface area contributed by atoms with Crippen LogP contribution in [0.5, 0.6) is 0 Å². The van der Waals surface area contributed by atoms with Crippen molar-refractivity contribution in [1.29, 1.82) is 0 Å². The van der Waals surface area contributed by atoms with Gasteiger partial charge in [-0.15, -0.1) is 0 Å². The van der Waals surface area contributed by atoms with Crippen LogP contribution in [0.3, 0.4) is 0 Å². The van der Waals surface area contributed by atoms with Gasteiger partial charge in [-0.2, -0.15) is 4.98 Å². The lowest BCUT2D eigenvalue weighted by Gasteiger charge is -2.25. The van der Waals surface area contributed by atoms with Gasteiger partial charge in [0.05, 0.1) is 5.69 Å². The van der Waals surface area contributed by atoms with E-state index < -0.39 is 0 Å². The van der Waals surface area contributed by atoms with E-state index in [1.165, 1.54) is 0 Å². The van der Waals surface area contributed by atoms with Crippen LogP contribution in [0.15, 0.2) is 4.79 Å². The van der Waals surface area contributed by atoms with Crippen LogP contribution in [0, 0.1) is 0 Å². The van der Waals surface area contributed by atoms with Crippen molar-refractivity contribution < 1.29 is 0 Å². The number of nitrogens with two attached hydrogens (primary N) is 1. The fraction of sp³-hybridized carbons (Fsp3) is 0.556. The Hall–Kier alpha value is -1.20. The summed E-state index contributed by atoms with van der Waals surface area (Å²) in [5.74, 6) is 0. The van der Waals surface area contributed by atoms with Crippen LogP contribution in [0.4, 0.5) is 0 Å². The quantitative estimate of drug-likeness (QED) is 0.614. The molecule has 0 fully saturated rings. The van der Waals surface area contributed by atoms with E-state index in [1.54, 1.807) is 0 Å². The van der Waals surface area contributed by atoms with Crippen molar-refractivity contribution in [3.63, 3.8) is 0 Å². The molecule has 1 aliphatic rings. The molecular weight excluding hydrogens is 180 g/mol. The zero-order valence-corrected chi connectivity index (χ0v) is 8.21. The fourth-order valence-corrected chi connectivity index (χ4v) is 1.82. The van der Waals surface area contributed by atoms with E-state index in [9.17, 15) is 4.79 Å². The molecule has 0 radical (unpaired) electrons. The molecule has 0 amide bonds. The first-order valence-electron chi connectivity index (χ1n) is 4.70. The maximum Gasteiger partial charge on any atom is 0.345 e. The first kappa shape index (κ1) is 9.36. The van der Waals surface area contributed by atoms with Gasteiger partial charge < -0.3 is 15.6 Å². The molecule has 2 rings (SSSR count). The summed E-state index contributed by atoms with van der Waals surface area (Å²) < 4.78 is 0. The molecule has 0 unspecified atom stereocenters. The summed E-state index contributed by atoms with van der Waals surface area (Å²) in [6, 6.07) is 0. The average Bonchev–Trinajstić information content (AvgIpc) is 2.17. The number of nitrogens with one attached hydrogen (secondary N) is 1. The number of hydrogen-bond donors (Lipinski definition) is 2. The second kappa shape index (κ2) is 3.51. The Bertz CT molecular complexity index is 378. The number of nitrogens with zero attached hydrogens (tertiary/aromatic N) is 2. The third-order valence-electron chi connectivity index (χ3n) is 2.57. The number of H-pyrrole nitrogens is 1. The summed E-state index contributed by atoms with van der Waals surface area (Å²) >= 11 is 0. The van der Waals surface area contributed by atoms with Gasteiger partial charge in [0.2, 0.25) is 0 Å². The molecule has 14 heavy (non-hydrogen) atoms. The highest BCUT2D eigenvalue weighted by Crippen LogP contribution is 2.16. The SMILES string of the molecule is CN1CCc2[nH]c(=O)nc(CN)c2C1. The number of rotatable bonds is 1. The second-order valence-electron chi connectivity index (χ2n) is 3.64. The maximum atomic E-state index is 11.2. The van der Waals surface area contributed by atoms with Crippen molar-refractivity contribution in [1.82, 2.24) is 14.9 Å². The minimum Gasteiger partial charge on any atom is -0.325 e. The molecule has 0 aliphatic carbocycles. The van der Waals surface area contributed by atoms with Crippen molar-refractivity contribution >= 4 is 0 Å². The molecule has 0 saturated heterocycles. The molecule has 76 valence electrons. The molecule has 1 aromatic rings. The summed E-state index contributed by atoms with van der Waals surface area (Å²) in [7, 11) is 2.05. The van der Waals surface area contributed by atoms with Gasteiger partial charge in [-0.3, -0.25) is 0 Å². The Morgan fingerprint density at radius 3 is 3.14 bits per heavy atom. The minimum absolute atomic E-state index is 0.284. The Morgan fingerprint density at radius 2 is 2.43 bits per heavy atom. The molecule has 0 spiro atoms. The third kappa shape index (κ3) is 1.56. The van der Waals surface area contributed by atoms with Gasteiger partial charge in [0.1, 0.15) is 0 Å². The molecule has 3 N–H and O–H groups in total. The number of aromatic nitrogens is 2. The highest BCUT2D eigenvalue weighted by Gasteiger charge is 2.17. The summed E-state index contributed by atoms with van der Waals surface area (Å²) in [6.45, 7) is 2.13. The van der Waals surface area contributed by atoms with Gasteiger partial charge >= 0.3 is 5.69 Å². The molecule has 0 bridgehead atoms. The zero-order valence-electron chi connectivity index (χ0n) is 8.21. The Labute approximate surface area is 82.0 Å². The van der Waals surface area contributed by atoms with Crippen LogP contribution >= 0.6 is 0 Å². The normalized spacial score (nSPS) is 16.7. The lowest BCUT2D eigenvalue weighted by Crippen LogP contribution is -2.32. The van der Waals surface area contributed by atoms with Gasteiger partial charge in [0.25, 0.3) is 0 Å². The predicted octanol–water partition coefficient (Wildman–Crippen LogP) is -0.783. The fourth-order valence-electron chi connectivity index (χ4n) is 1.82. The van der Waals surface area contributed by atoms with Gasteiger partial charge in [0, 0.05) is 37.3 Å². The summed E-state index contributed by atoms with van der Waals surface area (Å²) in [5, 5.41) is 0. The van der Waals surface area contributed by atoms with Crippen LogP contribution in [-0.4, -0.2) is 28.5 Å². The van der Waals surface area contributed by atoms with E-state index in [1.807, 2.05) is 7.05 Å². The van der Waals surface area contributed by atoms with Crippen molar-refractivity contribution in [3.05, 3.63) is 27.4 Å². The topological polar surface area (TPSA) is 75.0 Å². The highest BCUT2D eigenvalue weighted by atomic mass is 16.1. The Kier molecular flexibility index (Phi) is 2.35. The zero-order chi connectivity index (χ0) is 10.1. The van der Waals surface area contributed by atoms with Crippen molar-refractivity contribution in [3.8, 4) is 0 Å². The Morgan fingerprint density at radius 1 is 1.64 bits per heavy atom. The largest absolute Gasteiger partial charge is 0.345 e. The van der Waals surface area contributed by atoms with Crippen molar-refractivity contribution in [2.75, 3.05) is 13.6 Å². The average molecular weight is 194 g/mol. The smallest absolute Gasteiger partial charge is 0.325 e. The molecule has 1 aliphatic heterocycles. The molecule has 0 atom stereocenters. The highest BCUT2D eigenvalue weighted by molar-refractivity contribution is 5.26. The van der Waals surface area contributed by atoms with E-state index in [2.05, 4.69) is 14.9 Å². The van der Waals surface area contributed by atoms with E-state index in [4.69, 9.17) is 5.73 Å². The van der Waals surface area contributed by atoms with Gasteiger partial charge in [-0.05, 0) is 7.05 Å². The van der Waals surface area contributed by atoms with Gasteiger partial charge in [0.15, 0.2) is 0 Å². The van der Waals surface area contributed by atoms with E-state index >= 15 is 0 Å². The van der Waals surface area contributed by atoms with E-state index in [0.29, 0.717) is 6.54 Å². The number of likely N-dealkylation sites (N-methyl/N-ethyl adjacent to an activating group) is 1. The summed E-state index contributed by atoms with van der Waals surface area (Å²) in [6.07, 6.45) is 0.872. The predicted molar refractivity (Wildman–Crippen MR) is 52.8 cm³/mol. The lowest BCUT2D eigenvalue weighted by molar-refractivity contribution is 0.307. The monoisotopic (exact) mass is 194 g/mol. The molecule has 2 heterocycles. The van der Waals surface area contributed by atoms with Crippen LogP contribution in [0.25, 0.3) is 0 Å². The molecular formula is C9H14N4O. The molecule has 0 aromatic carbocycles. The molecule has 1 aromatic heterocycles. The number of aromatic amines is 1. The minimum atomic E-state index is -0.284. The third-order valence-corrected chi connectivity index (χ3v) is 2.57. The maximum absolute atomic E-state index is 11.2. The van der Waals surface area contributed by atoms with E-state index in [-0.39, 0.29) is 5.69 Å². The van der Waals surface area contributed by atoms with Crippen LogP contribution < -0.4 is 11.4 Å². The van der Waals surface area contributed by atoms with E-state index in [0.717, 1.165) is 36.5 Å².